The van der Waals surface area contributed by atoms with Crippen molar-refractivity contribution in [2.45, 2.75) is 18.9 Å². The van der Waals surface area contributed by atoms with Crippen LogP contribution in [0.1, 0.15) is 12.8 Å². The second-order valence-corrected chi connectivity index (χ2v) is 6.38. The first-order valence-electron chi connectivity index (χ1n) is 8.65. The highest BCUT2D eigenvalue weighted by Gasteiger charge is 2.22. The third kappa shape index (κ3) is 3.52. The summed E-state index contributed by atoms with van der Waals surface area (Å²) >= 11 is 0. The van der Waals surface area contributed by atoms with Crippen molar-refractivity contribution in [1.82, 2.24) is 9.97 Å². The molecule has 7 nitrogen and oxygen atoms in total. The number of primary amides is 1. The molecule has 2 aromatic heterocycles. The number of nitrogens with zero attached hydrogens (tertiary/aromatic N) is 3. The first kappa shape index (κ1) is 16.5. The van der Waals surface area contributed by atoms with Crippen LogP contribution in [0, 0.1) is 0 Å². The number of hydrogen-bond acceptors (Lipinski definition) is 6. The quantitative estimate of drug-likeness (QED) is 0.757. The minimum Gasteiger partial charge on any atom is -0.456 e. The van der Waals surface area contributed by atoms with Gasteiger partial charge in [0.15, 0.2) is 0 Å². The lowest BCUT2D eigenvalue weighted by atomic mass is 10.1. The van der Waals surface area contributed by atoms with E-state index in [9.17, 15) is 4.79 Å². The summed E-state index contributed by atoms with van der Waals surface area (Å²) in [5.74, 6) is 1.02. The molecule has 3 heterocycles. The largest absolute Gasteiger partial charge is 0.456 e. The molecule has 134 valence electrons. The number of piperidine rings is 1. The Morgan fingerprint density at radius 2 is 1.96 bits per heavy atom. The van der Waals surface area contributed by atoms with Gasteiger partial charge in [0.2, 0.25) is 11.9 Å². The molecule has 2 N–H and O–H groups in total. The number of ether oxygens (including phenoxy) is 1. The van der Waals surface area contributed by atoms with Gasteiger partial charge in [0, 0.05) is 30.9 Å². The third-order valence-electron chi connectivity index (χ3n) is 4.53. The normalized spacial score (nSPS) is 15.5. The number of furan rings is 1. The number of hydrogen-bond donors (Lipinski definition) is 1. The smallest absolute Gasteiger partial charge is 0.243 e. The summed E-state index contributed by atoms with van der Waals surface area (Å²) in [7, 11) is 0. The predicted molar refractivity (Wildman–Crippen MR) is 97.6 cm³/mol. The molecule has 0 unspecified atom stereocenters. The van der Waals surface area contributed by atoms with Crippen LogP contribution in [0.5, 0.6) is 0 Å². The van der Waals surface area contributed by atoms with Crippen LogP contribution >= 0.6 is 0 Å². The van der Waals surface area contributed by atoms with E-state index < -0.39 is 5.91 Å². The maximum atomic E-state index is 10.8. The van der Waals surface area contributed by atoms with Crippen molar-refractivity contribution in [2.75, 3.05) is 24.6 Å². The van der Waals surface area contributed by atoms with Crippen molar-refractivity contribution >= 4 is 22.8 Å². The molecular formula is C19H20N4O3. The lowest BCUT2D eigenvalue weighted by Gasteiger charge is -2.31. The Kier molecular flexibility index (Phi) is 4.53. The van der Waals surface area contributed by atoms with Crippen molar-refractivity contribution < 1.29 is 13.9 Å². The molecule has 0 spiro atoms. The van der Waals surface area contributed by atoms with Crippen LogP contribution in [0.3, 0.4) is 0 Å². The molecule has 7 heteroatoms. The maximum Gasteiger partial charge on any atom is 0.243 e. The maximum absolute atomic E-state index is 10.8. The molecule has 1 amide bonds. The van der Waals surface area contributed by atoms with Gasteiger partial charge in [0.1, 0.15) is 18.0 Å². The fraction of sp³-hybridized carbons (Fsp3) is 0.316. The monoisotopic (exact) mass is 352 g/mol. The van der Waals surface area contributed by atoms with Gasteiger partial charge in [-0.3, -0.25) is 4.79 Å². The topological polar surface area (TPSA) is 94.5 Å². The highest BCUT2D eigenvalue weighted by atomic mass is 16.5. The Hall–Kier alpha value is -2.93. The van der Waals surface area contributed by atoms with E-state index in [-0.39, 0.29) is 12.7 Å². The highest BCUT2D eigenvalue weighted by Crippen LogP contribution is 2.27. The second kappa shape index (κ2) is 7.13. The Labute approximate surface area is 150 Å². The van der Waals surface area contributed by atoms with E-state index in [2.05, 4.69) is 14.9 Å². The zero-order valence-electron chi connectivity index (χ0n) is 14.3. The molecule has 1 aromatic carbocycles. The zero-order chi connectivity index (χ0) is 17.9. The van der Waals surface area contributed by atoms with E-state index in [0.717, 1.165) is 48.2 Å². The Balaban J connectivity index is 1.41. The predicted octanol–water partition coefficient (Wildman–Crippen LogP) is 2.36. The summed E-state index contributed by atoms with van der Waals surface area (Å²) in [5.41, 5.74) is 6.82. The molecule has 3 aromatic rings. The van der Waals surface area contributed by atoms with Crippen LogP contribution in [0.15, 0.2) is 47.1 Å². The average molecular weight is 352 g/mol. The molecule has 1 saturated heterocycles. The van der Waals surface area contributed by atoms with Gasteiger partial charge in [-0.25, -0.2) is 9.97 Å². The van der Waals surface area contributed by atoms with E-state index in [0.29, 0.717) is 5.95 Å². The number of carbonyl (C=O) groups is 1. The van der Waals surface area contributed by atoms with E-state index >= 15 is 0 Å². The number of anilines is 1. The van der Waals surface area contributed by atoms with Gasteiger partial charge in [-0.15, -0.1) is 0 Å². The fourth-order valence-corrected chi connectivity index (χ4v) is 3.16. The second-order valence-electron chi connectivity index (χ2n) is 6.38. The minimum absolute atomic E-state index is 0.0205. The molecule has 0 aliphatic carbocycles. The van der Waals surface area contributed by atoms with Crippen LogP contribution < -0.4 is 10.6 Å². The van der Waals surface area contributed by atoms with Gasteiger partial charge in [0.25, 0.3) is 0 Å². The number of benzene rings is 1. The molecule has 4 rings (SSSR count). The molecule has 0 radical (unpaired) electrons. The molecule has 0 bridgehead atoms. The molecule has 0 atom stereocenters. The van der Waals surface area contributed by atoms with Gasteiger partial charge < -0.3 is 19.8 Å². The zero-order valence-corrected chi connectivity index (χ0v) is 14.3. The number of aromatic nitrogens is 2. The minimum atomic E-state index is -0.433. The van der Waals surface area contributed by atoms with E-state index in [1.807, 2.05) is 30.3 Å². The Morgan fingerprint density at radius 1 is 1.23 bits per heavy atom. The molecule has 26 heavy (non-hydrogen) atoms. The summed E-state index contributed by atoms with van der Waals surface area (Å²) < 4.78 is 11.3. The first-order chi connectivity index (χ1) is 12.7. The summed E-state index contributed by atoms with van der Waals surface area (Å²) in [6, 6.07) is 9.89. The van der Waals surface area contributed by atoms with Crippen molar-refractivity contribution in [2.24, 2.45) is 5.73 Å². The number of para-hydroxylation sites is 1. The van der Waals surface area contributed by atoms with Crippen LogP contribution in [-0.4, -0.2) is 41.7 Å². The first-order valence-corrected chi connectivity index (χ1v) is 8.65. The van der Waals surface area contributed by atoms with Crippen molar-refractivity contribution in [3.8, 4) is 11.3 Å². The number of amides is 1. The van der Waals surface area contributed by atoms with E-state index in [1.165, 1.54) is 0 Å². The standard InChI is InChI=1S/C19H20N4O3/c20-18(24)12-25-15-5-7-23(8-6-15)19-21-10-14(11-22-19)17-9-13-3-1-2-4-16(13)26-17/h1-4,9-11,15H,5-8,12H2,(H2,20,24). The fourth-order valence-electron chi connectivity index (χ4n) is 3.16. The SMILES string of the molecule is NC(=O)COC1CCN(c2ncc(-c3cc4ccccc4o3)cn2)CC1. The highest BCUT2D eigenvalue weighted by molar-refractivity contribution is 5.82. The lowest BCUT2D eigenvalue weighted by molar-refractivity contribution is -0.124. The molecule has 1 aliphatic heterocycles. The van der Waals surface area contributed by atoms with Crippen LogP contribution in [0.25, 0.3) is 22.3 Å². The van der Waals surface area contributed by atoms with Crippen molar-refractivity contribution in [3.63, 3.8) is 0 Å². The summed E-state index contributed by atoms with van der Waals surface area (Å²) in [4.78, 5) is 21.9. The number of nitrogens with two attached hydrogens (primary N) is 1. The third-order valence-corrected chi connectivity index (χ3v) is 4.53. The Bertz CT molecular complexity index is 866. The number of rotatable bonds is 5. The van der Waals surface area contributed by atoms with Crippen LogP contribution in [-0.2, 0) is 9.53 Å². The average Bonchev–Trinajstić information content (AvgIpc) is 3.11. The molecule has 0 saturated carbocycles. The van der Waals surface area contributed by atoms with Crippen molar-refractivity contribution in [1.29, 1.82) is 0 Å². The molecule has 1 fully saturated rings. The van der Waals surface area contributed by atoms with Crippen molar-refractivity contribution in [3.05, 3.63) is 42.7 Å². The molecule has 1 aliphatic rings. The van der Waals surface area contributed by atoms with Gasteiger partial charge in [-0.2, -0.15) is 0 Å². The van der Waals surface area contributed by atoms with E-state index in [1.54, 1.807) is 12.4 Å². The number of carbonyl (C=O) groups excluding carboxylic acids is 1. The molecular weight excluding hydrogens is 332 g/mol. The van der Waals surface area contributed by atoms with Crippen LogP contribution in [0.2, 0.25) is 0 Å². The van der Waals surface area contributed by atoms with Gasteiger partial charge in [-0.05, 0) is 25.0 Å². The summed E-state index contributed by atoms with van der Waals surface area (Å²) in [5, 5.41) is 1.06. The Morgan fingerprint density at radius 3 is 2.65 bits per heavy atom. The van der Waals surface area contributed by atoms with Crippen LogP contribution in [0.4, 0.5) is 5.95 Å². The summed E-state index contributed by atoms with van der Waals surface area (Å²) in [6.45, 7) is 1.55. The van der Waals surface area contributed by atoms with E-state index in [4.69, 9.17) is 14.9 Å². The number of fused-ring (bicyclic) bond motifs is 1. The van der Waals surface area contributed by atoms with Gasteiger partial charge >= 0.3 is 0 Å². The van der Waals surface area contributed by atoms with Gasteiger partial charge in [-0.1, -0.05) is 18.2 Å². The summed E-state index contributed by atoms with van der Waals surface area (Å²) in [6.07, 6.45) is 5.28. The lowest BCUT2D eigenvalue weighted by Crippen LogP contribution is -2.39. The van der Waals surface area contributed by atoms with Gasteiger partial charge in [0.05, 0.1) is 11.7 Å².